The Balaban J connectivity index is 1.36. The summed E-state index contributed by atoms with van der Waals surface area (Å²) in [5, 5.41) is 0. The van der Waals surface area contributed by atoms with Crippen molar-refractivity contribution >= 4 is 17.5 Å². The van der Waals surface area contributed by atoms with Gasteiger partial charge < -0.3 is 20.1 Å². The first-order chi connectivity index (χ1) is 17.1. The number of carbonyl (C=O) groups excluding carboxylic acids is 2. The minimum absolute atomic E-state index is 0.0221. The summed E-state index contributed by atoms with van der Waals surface area (Å²) in [6, 6.07) is 23.0. The molecule has 0 spiro atoms. The third-order valence-corrected chi connectivity index (χ3v) is 6.84. The fourth-order valence-corrected chi connectivity index (χ4v) is 4.92. The van der Waals surface area contributed by atoms with Crippen molar-refractivity contribution in [3.63, 3.8) is 0 Å². The van der Waals surface area contributed by atoms with Gasteiger partial charge in [-0.05, 0) is 67.1 Å². The average molecular weight is 471 g/mol. The maximum atomic E-state index is 12.9. The van der Waals surface area contributed by atoms with E-state index in [0.29, 0.717) is 30.8 Å². The molecule has 5 rings (SSSR count). The fourth-order valence-electron chi connectivity index (χ4n) is 4.92. The van der Waals surface area contributed by atoms with Crippen molar-refractivity contribution in [2.45, 2.75) is 50.7 Å². The summed E-state index contributed by atoms with van der Waals surface area (Å²) in [4.78, 5) is 26.2. The van der Waals surface area contributed by atoms with Crippen LogP contribution in [0.1, 0.15) is 59.5 Å². The Bertz CT molecular complexity index is 1200. The highest BCUT2D eigenvalue weighted by Gasteiger charge is 2.32. The van der Waals surface area contributed by atoms with Crippen LogP contribution in [0.4, 0.5) is 5.69 Å². The predicted octanol–water partition coefficient (Wildman–Crippen LogP) is 5.21. The summed E-state index contributed by atoms with van der Waals surface area (Å²) < 4.78 is 12.6. The smallest absolute Gasteiger partial charge is 0.248 e. The zero-order valence-corrected chi connectivity index (χ0v) is 19.7. The van der Waals surface area contributed by atoms with Gasteiger partial charge in [0.25, 0.3) is 0 Å². The predicted molar refractivity (Wildman–Crippen MR) is 135 cm³/mol. The Morgan fingerprint density at radius 1 is 0.943 bits per heavy atom. The molecule has 1 saturated carbocycles. The first-order valence-corrected chi connectivity index (χ1v) is 12.2. The van der Waals surface area contributed by atoms with E-state index in [1.54, 1.807) is 23.1 Å². The van der Waals surface area contributed by atoms with Gasteiger partial charge in [0, 0.05) is 30.1 Å². The zero-order chi connectivity index (χ0) is 24.2. The highest BCUT2D eigenvalue weighted by atomic mass is 16.5. The lowest BCUT2D eigenvalue weighted by Crippen LogP contribution is -2.24. The quantitative estimate of drug-likeness (QED) is 0.490. The van der Waals surface area contributed by atoms with Crippen LogP contribution in [0.25, 0.3) is 0 Å². The maximum absolute atomic E-state index is 12.9. The normalized spacial score (nSPS) is 18.1. The van der Waals surface area contributed by atoms with Crippen LogP contribution in [-0.4, -0.2) is 24.5 Å². The second kappa shape index (κ2) is 10.2. The van der Waals surface area contributed by atoms with E-state index >= 15 is 0 Å². The molecule has 1 aliphatic heterocycles. The van der Waals surface area contributed by atoms with Crippen LogP contribution in [0.5, 0.6) is 11.5 Å². The van der Waals surface area contributed by atoms with Gasteiger partial charge in [0.15, 0.2) is 11.5 Å². The number of carbonyl (C=O) groups is 2. The lowest BCUT2D eigenvalue weighted by molar-refractivity contribution is -0.117. The Hall–Kier alpha value is -3.80. The second-order valence-corrected chi connectivity index (χ2v) is 9.32. The van der Waals surface area contributed by atoms with E-state index in [2.05, 4.69) is 0 Å². The van der Waals surface area contributed by atoms with Crippen molar-refractivity contribution in [2.75, 3.05) is 11.4 Å². The van der Waals surface area contributed by atoms with Crippen molar-refractivity contribution in [2.24, 2.45) is 5.73 Å². The van der Waals surface area contributed by atoms with Crippen LogP contribution in [0.3, 0.4) is 0 Å². The number of hydrogen-bond acceptors (Lipinski definition) is 4. The lowest BCUT2D eigenvalue weighted by atomic mass is 9.98. The Morgan fingerprint density at radius 2 is 1.74 bits per heavy atom. The highest BCUT2D eigenvalue weighted by Crippen LogP contribution is 2.38. The van der Waals surface area contributed by atoms with Gasteiger partial charge in [-0.25, -0.2) is 0 Å². The summed E-state index contributed by atoms with van der Waals surface area (Å²) in [7, 11) is 0. The molecule has 0 bridgehead atoms. The molecule has 1 saturated heterocycles. The van der Waals surface area contributed by atoms with Crippen LogP contribution >= 0.6 is 0 Å². The zero-order valence-electron chi connectivity index (χ0n) is 19.7. The molecule has 1 atom stereocenters. The van der Waals surface area contributed by atoms with Crippen LogP contribution in [0.15, 0.2) is 72.8 Å². The van der Waals surface area contributed by atoms with Crippen LogP contribution in [0.2, 0.25) is 0 Å². The first kappa shape index (κ1) is 23.0. The fraction of sp³-hybridized carbons (Fsp3) is 0.310. The third kappa shape index (κ3) is 5.32. The molecule has 2 amide bonds. The average Bonchev–Trinajstić information content (AvgIpc) is 3.53. The summed E-state index contributed by atoms with van der Waals surface area (Å²) in [6.07, 6.45) is 5.06. The maximum Gasteiger partial charge on any atom is 0.248 e. The molecule has 0 unspecified atom stereocenters. The summed E-state index contributed by atoms with van der Waals surface area (Å²) in [6.45, 7) is 1.00. The number of primary amides is 1. The monoisotopic (exact) mass is 470 g/mol. The largest absolute Gasteiger partial charge is 0.487 e. The molecule has 0 radical (unpaired) electrons. The molecule has 6 nitrogen and oxygen atoms in total. The Kier molecular flexibility index (Phi) is 6.70. The third-order valence-electron chi connectivity index (χ3n) is 6.84. The van der Waals surface area contributed by atoms with Gasteiger partial charge in [0.1, 0.15) is 6.61 Å². The SMILES string of the molecule is NC(=O)c1cccc(N2C[C@H](c3ccc(OCc4ccccc4)c(OC4CCCC4)c3)CC2=O)c1. The standard InChI is InChI=1S/C29H30N2O4/c30-29(33)22-9-6-10-24(15-22)31-18-23(17-28(31)32)21-13-14-26(34-19-20-7-2-1-3-8-20)27(16-21)35-25-11-4-5-12-25/h1-3,6-10,13-16,23,25H,4-5,11-12,17-19H2,(H2,30,33)/t23-/m1/s1. The van der Waals surface area contributed by atoms with E-state index in [0.717, 1.165) is 35.5 Å². The van der Waals surface area contributed by atoms with Crippen molar-refractivity contribution < 1.29 is 19.1 Å². The summed E-state index contributed by atoms with van der Waals surface area (Å²) >= 11 is 0. The molecule has 2 fully saturated rings. The second-order valence-electron chi connectivity index (χ2n) is 9.32. The molecular formula is C29H30N2O4. The van der Waals surface area contributed by atoms with E-state index in [-0.39, 0.29) is 17.9 Å². The van der Waals surface area contributed by atoms with Crippen LogP contribution in [-0.2, 0) is 11.4 Å². The summed E-state index contributed by atoms with van der Waals surface area (Å²) in [5.41, 5.74) is 8.66. The molecule has 3 aromatic rings. The van der Waals surface area contributed by atoms with E-state index in [1.807, 2.05) is 54.6 Å². The lowest BCUT2D eigenvalue weighted by Gasteiger charge is -2.20. The molecule has 1 aliphatic carbocycles. The van der Waals surface area contributed by atoms with E-state index in [9.17, 15) is 9.59 Å². The number of nitrogens with two attached hydrogens (primary N) is 1. The molecule has 2 aliphatic rings. The van der Waals surface area contributed by atoms with Crippen LogP contribution in [0, 0.1) is 0 Å². The van der Waals surface area contributed by atoms with Gasteiger partial charge >= 0.3 is 0 Å². The van der Waals surface area contributed by atoms with E-state index < -0.39 is 5.91 Å². The molecular weight excluding hydrogens is 440 g/mol. The van der Waals surface area contributed by atoms with Gasteiger partial charge in [0.05, 0.1) is 6.10 Å². The van der Waals surface area contributed by atoms with E-state index in [4.69, 9.17) is 15.2 Å². The number of hydrogen-bond donors (Lipinski definition) is 1. The van der Waals surface area contributed by atoms with Gasteiger partial charge in [-0.1, -0.05) is 42.5 Å². The summed E-state index contributed by atoms with van der Waals surface area (Å²) in [5.74, 6) is 1.01. The number of rotatable bonds is 8. The minimum Gasteiger partial charge on any atom is -0.487 e. The van der Waals surface area contributed by atoms with Crippen LogP contribution < -0.4 is 20.1 Å². The van der Waals surface area contributed by atoms with Gasteiger partial charge in [-0.15, -0.1) is 0 Å². The van der Waals surface area contributed by atoms with Crippen molar-refractivity contribution in [1.29, 1.82) is 0 Å². The van der Waals surface area contributed by atoms with Gasteiger partial charge in [-0.2, -0.15) is 0 Å². The Morgan fingerprint density at radius 3 is 2.51 bits per heavy atom. The molecule has 2 N–H and O–H groups in total. The number of benzene rings is 3. The minimum atomic E-state index is -0.505. The topological polar surface area (TPSA) is 81.9 Å². The molecule has 180 valence electrons. The molecule has 0 aromatic heterocycles. The number of amides is 2. The number of nitrogens with zero attached hydrogens (tertiary/aromatic N) is 1. The van der Waals surface area contributed by atoms with Crippen molar-refractivity contribution in [3.05, 3.63) is 89.5 Å². The molecule has 6 heteroatoms. The number of anilines is 1. The van der Waals surface area contributed by atoms with Gasteiger partial charge in [-0.3, -0.25) is 9.59 Å². The Labute approximate surface area is 205 Å². The van der Waals surface area contributed by atoms with Gasteiger partial charge in [0.2, 0.25) is 11.8 Å². The van der Waals surface area contributed by atoms with Crippen molar-refractivity contribution in [3.8, 4) is 11.5 Å². The molecule has 35 heavy (non-hydrogen) atoms. The van der Waals surface area contributed by atoms with E-state index in [1.165, 1.54) is 12.8 Å². The highest BCUT2D eigenvalue weighted by molar-refractivity contribution is 5.99. The first-order valence-electron chi connectivity index (χ1n) is 12.2. The molecule has 3 aromatic carbocycles. The van der Waals surface area contributed by atoms with Crippen molar-refractivity contribution in [1.82, 2.24) is 0 Å². The molecule has 1 heterocycles. The number of ether oxygens (including phenoxy) is 2.